The number of aryl methyl sites for hydroxylation is 1. The Labute approximate surface area is 109 Å². The van der Waals surface area contributed by atoms with Gasteiger partial charge in [0.1, 0.15) is 17.3 Å². The van der Waals surface area contributed by atoms with Gasteiger partial charge < -0.3 is 10.3 Å². The van der Waals surface area contributed by atoms with E-state index in [1.165, 1.54) is 6.07 Å². The van der Waals surface area contributed by atoms with Gasteiger partial charge in [-0.3, -0.25) is 0 Å². The molecule has 0 radical (unpaired) electrons. The Kier molecular flexibility index (Phi) is 3.26. The lowest BCUT2D eigenvalue weighted by atomic mass is 10.1. The van der Waals surface area contributed by atoms with Crippen LogP contribution in [0, 0.1) is 25.1 Å². The van der Waals surface area contributed by atoms with Crippen molar-refractivity contribution in [3.63, 3.8) is 0 Å². The maximum atomic E-state index is 13.9. The molecule has 0 fully saturated rings. The fourth-order valence-corrected chi connectivity index (χ4v) is 1.93. The molecule has 92 valence electrons. The molecule has 2 rings (SSSR count). The largest absolute Gasteiger partial charge is 0.383 e. The lowest BCUT2D eigenvalue weighted by Gasteiger charge is -2.04. The first-order chi connectivity index (χ1) is 8.56. The van der Waals surface area contributed by atoms with E-state index in [-0.39, 0.29) is 10.6 Å². The van der Waals surface area contributed by atoms with Gasteiger partial charge in [0.25, 0.3) is 0 Å². The second-order valence-corrected chi connectivity index (χ2v) is 4.19. The molecule has 0 saturated heterocycles. The minimum Gasteiger partial charge on any atom is -0.383 e. The van der Waals surface area contributed by atoms with Crippen molar-refractivity contribution < 1.29 is 4.39 Å². The van der Waals surface area contributed by atoms with Gasteiger partial charge in [-0.25, -0.2) is 9.37 Å². The van der Waals surface area contributed by atoms with Crippen molar-refractivity contribution in [1.82, 2.24) is 9.55 Å². The van der Waals surface area contributed by atoms with Gasteiger partial charge in [0, 0.05) is 5.56 Å². The van der Waals surface area contributed by atoms with Crippen LogP contribution in [-0.4, -0.2) is 9.55 Å². The number of rotatable bonds is 2. The Hall–Kier alpha value is -1.99. The molecule has 0 amide bonds. The maximum absolute atomic E-state index is 13.9. The van der Waals surface area contributed by atoms with Crippen molar-refractivity contribution >= 4 is 17.4 Å². The molecule has 18 heavy (non-hydrogen) atoms. The van der Waals surface area contributed by atoms with E-state index in [4.69, 9.17) is 23.8 Å². The topological polar surface area (TPSA) is 43.8 Å². The first-order valence-corrected chi connectivity index (χ1v) is 5.64. The Morgan fingerprint density at radius 2 is 2.28 bits per heavy atom. The van der Waals surface area contributed by atoms with Crippen LogP contribution in [0.3, 0.4) is 0 Å². The molecule has 3 nitrogen and oxygen atoms in total. The molecule has 0 saturated carbocycles. The second-order valence-electron chi connectivity index (χ2n) is 3.78. The summed E-state index contributed by atoms with van der Waals surface area (Å²) >= 11 is 5.74. The number of hydrogen-bond acceptors (Lipinski definition) is 2. The standard InChI is InChI=1S/C13H11ClFN3/c1-3-7-18-8(2)17-12(13(18)16)9-5-4-6-10(14)11(9)15/h1,4-6H,7,16H2,2H3. The monoisotopic (exact) mass is 263 g/mol. The summed E-state index contributed by atoms with van der Waals surface area (Å²) in [5.74, 6) is 2.93. The zero-order valence-electron chi connectivity index (χ0n) is 9.74. The molecule has 0 aliphatic carbocycles. The van der Waals surface area contributed by atoms with E-state index < -0.39 is 5.82 Å². The SMILES string of the molecule is C#CCn1c(C)nc(-c2cccc(Cl)c2F)c1N. The summed E-state index contributed by atoms with van der Waals surface area (Å²) in [4.78, 5) is 4.24. The summed E-state index contributed by atoms with van der Waals surface area (Å²) in [7, 11) is 0. The second kappa shape index (κ2) is 4.71. The molecule has 2 aromatic rings. The van der Waals surface area contributed by atoms with Gasteiger partial charge in [-0.05, 0) is 19.1 Å². The molecule has 0 unspecified atom stereocenters. The van der Waals surface area contributed by atoms with E-state index in [0.29, 0.717) is 23.9 Å². The van der Waals surface area contributed by atoms with Crippen LogP contribution in [0.15, 0.2) is 18.2 Å². The molecule has 0 aliphatic rings. The first kappa shape index (κ1) is 12.5. The smallest absolute Gasteiger partial charge is 0.151 e. The average molecular weight is 264 g/mol. The van der Waals surface area contributed by atoms with Crippen molar-refractivity contribution in [3.8, 4) is 23.6 Å². The molecule has 0 bridgehead atoms. The molecule has 0 atom stereocenters. The van der Waals surface area contributed by atoms with Gasteiger partial charge in [0.2, 0.25) is 0 Å². The van der Waals surface area contributed by atoms with E-state index in [9.17, 15) is 4.39 Å². The summed E-state index contributed by atoms with van der Waals surface area (Å²) in [6, 6.07) is 4.71. The first-order valence-electron chi connectivity index (χ1n) is 5.26. The van der Waals surface area contributed by atoms with Crippen LogP contribution in [0.5, 0.6) is 0 Å². The number of nitrogen functional groups attached to an aromatic ring is 1. The number of nitrogens with zero attached hydrogens (tertiary/aromatic N) is 2. The van der Waals surface area contributed by atoms with Crippen LogP contribution in [0.25, 0.3) is 11.3 Å². The van der Waals surface area contributed by atoms with E-state index in [1.807, 2.05) is 0 Å². The van der Waals surface area contributed by atoms with Crippen molar-refractivity contribution in [2.75, 3.05) is 5.73 Å². The average Bonchev–Trinajstić information content (AvgIpc) is 2.61. The van der Waals surface area contributed by atoms with Gasteiger partial charge in [0.05, 0.1) is 11.6 Å². The van der Waals surface area contributed by atoms with Crippen molar-refractivity contribution in [2.45, 2.75) is 13.5 Å². The lowest BCUT2D eigenvalue weighted by Crippen LogP contribution is -2.03. The zero-order chi connectivity index (χ0) is 13.3. The fraction of sp³-hybridized carbons (Fsp3) is 0.154. The van der Waals surface area contributed by atoms with Gasteiger partial charge in [-0.1, -0.05) is 23.6 Å². The number of anilines is 1. The Bertz CT molecular complexity index is 640. The number of imidazole rings is 1. The summed E-state index contributed by atoms with van der Waals surface area (Å²) in [5.41, 5.74) is 6.58. The maximum Gasteiger partial charge on any atom is 0.151 e. The molecule has 2 N–H and O–H groups in total. The van der Waals surface area contributed by atoms with Crippen LogP contribution in [0.2, 0.25) is 5.02 Å². The summed E-state index contributed by atoms with van der Waals surface area (Å²) in [6.07, 6.45) is 5.25. The van der Waals surface area contributed by atoms with Crippen LogP contribution in [-0.2, 0) is 6.54 Å². The van der Waals surface area contributed by atoms with Crippen LogP contribution in [0.1, 0.15) is 5.82 Å². The third-order valence-corrected chi connectivity index (χ3v) is 2.95. The van der Waals surface area contributed by atoms with Crippen molar-refractivity contribution in [2.24, 2.45) is 0 Å². The van der Waals surface area contributed by atoms with Gasteiger partial charge >= 0.3 is 0 Å². The highest BCUT2D eigenvalue weighted by Gasteiger charge is 2.17. The van der Waals surface area contributed by atoms with Crippen LogP contribution < -0.4 is 5.73 Å². The molecular formula is C13H11ClFN3. The molecule has 1 heterocycles. The number of halogens is 2. The third-order valence-electron chi connectivity index (χ3n) is 2.65. The highest BCUT2D eigenvalue weighted by Crippen LogP contribution is 2.31. The van der Waals surface area contributed by atoms with Gasteiger partial charge in [0.15, 0.2) is 5.82 Å². The number of terminal acetylenes is 1. The number of nitrogens with two attached hydrogens (primary N) is 1. The molecule has 0 spiro atoms. The summed E-state index contributed by atoms with van der Waals surface area (Å²) < 4.78 is 15.6. The minimum atomic E-state index is -0.531. The quantitative estimate of drug-likeness (QED) is 0.847. The molecule has 0 aliphatic heterocycles. The van der Waals surface area contributed by atoms with Crippen LogP contribution in [0.4, 0.5) is 10.2 Å². The van der Waals surface area contributed by atoms with Crippen LogP contribution >= 0.6 is 11.6 Å². The van der Waals surface area contributed by atoms with E-state index >= 15 is 0 Å². The number of aromatic nitrogens is 2. The van der Waals surface area contributed by atoms with Crippen molar-refractivity contribution in [3.05, 3.63) is 34.9 Å². The molecule has 1 aromatic carbocycles. The van der Waals surface area contributed by atoms with Gasteiger partial charge in [-0.15, -0.1) is 6.42 Å². The number of benzene rings is 1. The predicted molar refractivity (Wildman–Crippen MR) is 70.6 cm³/mol. The normalized spacial score (nSPS) is 10.3. The molecule has 1 aromatic heterocycles. The lowest BCUT2D eigenvalue weighted by molar-refractivity contribution is 0.631. The third kappa shape index (κ3) is 1.93. The summed E-state index contributed by atoms with van der Waals surface area (Å²) in [5, 5.41) is 0.0380. The fourth-order valence-electron chi connectivity index (χ4n) is 1.76. The molecule has 5 heteroatoms. The highest BCUT2D eigenvalue weighted by atomic mass is 35.5. The van der Waals surface area contributed by atoms with Gasteiger partial charge in [-0.2, -0.15) is 0 Å². The zero-order valence-corrected chi connectivity index (χ0v) is 10.5. The predicted octanol–water partition coefficient (Wildman–Crippen LogP) is 2.87. The van der Waals surface area contributed by atoms with E-state index in [1.54, 1.807) is 23.6 Å². The number of hydrogen-bond donors (Lipinski definition) is 1. The minimum absolute atomic E-state index is 0.0380. The highest BCUT2D eigenvalue weighted by molar-refractivity contribution is 6.31. The molecular weight excluding hydrogens is 253 g/mol. The van der Waals surface area contributed by atoms with E-state index in [2.05, 4.69) is 10.9 Å². The van der Waals surface area contributed by atoms with E-state index in [0.717, 1.165) is 0 Å². The Morgan fingerprint density at radius 1 is 1.56 bits per heavy atom. The Balaban J connectivity index is 2.62. The summed E-state index contributed by atoms with van der Waals surface area (Å²) in [6.45, 7) is 2.06. The van der Waals surface area contributed by atoms with Crippen molar-refractivity contribution in [1.29, 1.82) is 0 Å². The Morgan fingerprint density at radius 3 is 2.94 bits per heavy atom.